The van der Waals surface area contributed by atoms with Crippen molar-refractivity contribution in [1.29, 1.82) is 0 Å². The van der Waals surface area contributed by atoms with E-state index in [1.165, 1.54) is 0 Å². The number of aromatic nitrogens is 2. The lowest BCUT2D eigenvalue weighted by molar-refractivity contribution is 0.0796. The van der Waals surface area contributed by atoms with Crippen LogP contribution in [-0.2, 0) is 0 Å². The summed E-state index contributed by atoms with van der Waals surface area (Å²) in [5, 5.41) is 0. The second kappa shape index (κ2) is 2.87. The van der Waals surface area contributed by atoms with Crippen LogP contribution in [0, 0.1) is 11.8 Å². The molecule has 3 rings (SSSR count). The molecule has 2 heterocycles. The smallest absolute Gasteiger partial charge is 0.258 e. The molecule has 0 N–H and O–H groups in total. The van der Waals surface area contributed by atoms with Gasteiger partial charge in [0.2, 0.25) is 5.95 Å². The van der Waals surface area contributed by atoms with E-state index >= 15 is 0 Å². The molecule has 0 aromatic carbocycles. The summed E-state index contributed by atoms with van der Waals surface area (Å²) in [6, 6.07) is 0. The molecule has 1 saturated carbocycles. The molecular formula is C9H8BrF2N3. The van der Waals surface area contributed by atoms with Crippen molar-refractivity contribution in [1.82, 2.24) is 9.97 Å². The van der Waals surface area contributed by atoms with Crippen molar-refractivity contribution in [2.45, 2.75) is 5.92 Å². The van der Waals surface area contributed by atoms with Crippen molar-refractivity contribution in [2.24, 2.45) is 11.8 Å². The molecule has 1 aromatic rings. The molecule has 3 nitrogen and oxygen atoms in total. The van der Waals surface area contributed by atoms with Gasteiger partial charge in [0, 0.05) is 25.5 Å². The van der Waals surface area contributed by atoms with E-state index in [9.17, 15) is 8.78 Å². The number of hydrogen-bond acceptors (Lipinski definition) is 3. The van der Waals surface area contributed by atoms with E-state index in [4.69, 9.17) is 0 Å². The third-order valence-corrected chi connectivity index (χ3v) is 3.50. The zero-order valence-electron chi connectivity index (χ0n) is 7.70. The maximum absolute atomic E-state index is 12.9. The summed E-state index contributed by atoms with van der Waals surface area (Å²) in [5.41, 5.74) is 0. The molecule has 1 saturated heterocycles. The molecule has 15 heavy (non-hydrogen) atoms. The lowest BCUT2D eigenvalue weighted by Crippen LogP contribution is -2.28. The number of alkyl halides is 2. The monoisotopic (exact) mass is 275 g/mol. The molecule has 1 aromatic heterocycles. The van der Waals surface area contributed by atoms with Crippen LogP contribution in [0.2, 0.25) is 0 Å². The minimum atomic E-state index is -2.44. The summed E-state index contributed by atoms with van der Waals surface area (Å²) in [6.45, 7) is 0.749. The van der Waals surface area contributed by atoms with Crippen molar-refractivity contribution in [3.63, 3.8) is 0 Å². The summed E-state index contributed by atoms with van der Waals surface area (Å²) in [6.07, 6.45) is 3.26. The van der Waals surface area contributed by atoms with Crippen molar-refractivity contribution < 1.29 is 8.78 Å². The third-order valence-electron chi connectivity index (χ3n) is 3.09. The minimum Gasteiger partial charge on any atom is -0.340 e. The SMILES string of the molecule is FC1(F)C2CN(c3ncc(Br)cn3)CC21. The summed E-state index contributed by atoms with van der Waals surface area (Å²) in [4.78, 5) is 9.99. The molecule has 6 heteroatoms. The van der Waals surface area contributed by atoms with Crippen LogP contribution in [0.5, 0.6) is 0 Å². The highest BCUT2D eigenvalue weighted by Gasteiger charge is 2.71. The Morgan fingerprint density at radius 2 is 1.80 bits per heavy atom. The van der Waals surface area contributed by atoms with Gasteiger partial charge in [0.05, 0.1) is 16.3 Å². The summed E-state index contributed by atoms with van der Waals surface area (Å²) >= 11 is 3.23. The molecule has 1 aliphatic heterocycles. The van der Waals surface area contributed by atoms with Gasteiger partial charge in [-0.3, -0.25) is 0 Å². The largest absolute Gasteiger partial charge is 0.340 e. The molecular weight excluding hydrogens is 268 g/mol. The highest BCUT2D eigenvalue weighted by Crippen LogP contribution is 2.59. The zero-order chi connectivity index (χ0) is 10.6. The van der Waals surface area contributed by atoms with Crippen molar-refractivity contribution in [3.8, 4) is 0 Å². The maximum Gasteiger partial charge on any atom is 0.258 e. The Labute approximate surface area is 93.6 Å². The van der Waals surface area contributed by atoms with E-state index in [-0.39, 0.29) is 0 Å². The predicted octanol–water partition coefficient (Wildman–Crippen LogP) is 1.94. The van der Waals surface area contributed by atoms with Gasteiger partial charge in [-0.05, 0) is 15.9 Å². The third kappa shape index (κ3) is 1.34. The molecule has 0 radical (unpaired) electrons. The quantitative estimate of drug-likeness (QED) is 0.785. The van der Waals surface area contributed by atoms with E-state index in [1.54, 1.807) is 12.4 Å². The number of fused-ring (bicyclic) bond motifs is 1. The Bertz CT molecular complexity index is 381. The first kappa shape index (κ1) is 9.45. The van der Waals surface area contributed by atoms with Gasteiger partial charge in [0.15, 0.2) is 0 Å². The number of halogens is 3. The molecule has 2 unspecified atom stereocenters. The number of rotatable bonds is 1. The first-order valence-corrected chi connectivity index (χ1v) is 5.48. The van der Waals surface area contributed by atoms with E-state index < -0.39 is 17.8 Å². The van der Waals surface area contributed by atoms with Crippen LogP contribution in [0.4, 0.5) is 14.7 Å². The van der Waals surface area contributed by atoms with Gasteiger partial charge in [0.25, 0.3) is 5.92 Å². The molecule has 0 amide bonds. The average Bonchev–Trinajstić information content (AvgIpc) is 2.64. The highest BCUT2D eigenvalue weighted by atomic mass is 79.9. The molecule has 0 spiro atoms. The second-order valence-electron chi connectivity index (χ2n) is 3.99. The van der Waals surface area contributed by atoms with E-state index in [0.29, 0.717) is 19.0 Å². The van der Waals surface area contributed by atoms with Gasteiger partial charge in [-0.1, -0.05) is 0 Å². The normalized spacial score (nSPS) is 31.5. The Hall–Kier alpha value is -0.780. The van der Waals surface area contributed by atoms with Gasteiger partial charge in [-0.15, -0.1) is 0 Å². The van der Waals surface area contributed by atoms with Gasteiger partial charge < -0.3 is 4.90 Å². The summed E-state index contributed by atoms with van der Waals surface area (Å²) < 4.78 is 26.6. The van der Waals surface area contributed by atoms with Crippen molar-refractivity contribution >= 4 is 21.9 Å². The van der Waals surface area contributed by atoms with Gasteiger partial charge >= 0.3 is 0 Å². The van der Waals surface area contributed by atoms with Crippen molar-refractivity contribution in [2.75, 3.05) is 18.0 Å². The first-order chi connectivity index (χ1) is 7.09. The highest BCUT2D eigenvalue weighted by molar-refractivity contribution is 9.10. The molecule has 0 bridgehead atoms. The average molecular weight is 276 g/mol. The fourth-order valence-electron chi connectivity index (χ4n) is 2.14. The molecule has 1 aliphatic carbocycles. The zero-order valence-corrected chi connectivity index (χ0v) is 9.29. The molecule has 2 fully saturated rings. The Balaban J connectivity index is 1.75. The fraction of sp³-hybridized carbons (Fsp3) is 0.556. The number of nitrogens with zero attached hydrogens (tertiary/aromatic N) is 3. The van der Waals surface area contributed by atoms with Crippen LogP contribution in [-0.4, -0.2) is 29.0 Å². The maximum atomic E-state index is 12.9. The first-order valence-electron chi connectivity index (χ1n) is 4.69. The van der Waals surface area contributed by atoms with Crippen LogP contribution >= 0.6 is 15.9 Å². The van der Waals surface area contributed by atoms with Gasteiger partial charge in [0.1, 0.15) is 0 Å². The standard InChI is InChI=1S/C9H8BrF2N3/c10-5-1-13-8(14-2-5)15-3-6-7(4-15)9(6,11)12/h1-2,6-7H,3-4H2. The topological polar surface area (TPSA) is 29.0 Å². The van der Waals surface area contributed by atoms with Crippen LogP contribution in [0.1, 0.15) is 0 Å². The lowest BCUT2D eigenvalue weighted by Gasteiger charge is -2.19. The van der Waals surface area contributed by atoms with E-state index in [1.807, 2.05) is 4.90 Å². The Morgan fingerprint density at radius 3 is 2.33 bits per heavy atom. The Morgan fingerprint density at radius 1 is 1.27 bits per heavy atom. The van der Waals surface area contributed by atoms with Crippen LogP contribution in [0.15, 0.2) is 16.9 Å². The number of hydrogen-bond donors (Lipinski definition) is 0. The minimum absolute atomic E-state index is 0.374. The molecule has 2 atom stereocenters. The van der Waals surface area contributed by atoms with E-state index in [2.05, 4.69) is 25.9 Å². The van der Waals surface area contributed by atoms with Gasteiger partial charge in [-0.25, -0.2) is 18.7 Å². The fourth-order valence-corrected chi connectivity index (χ4v) is 2.34. The number of anilines is 1. The molecule has 2 aliphatic rings. The number of piperidine rings is 1. The van der Waals surface area contributed by atoms with Gasteiger partial charge in [-0.2, -0.15) is 0 Å². The van der Waals surface area contributed by atoms with Crippen LogP contribution in [0.3, 0.4) is 0 Å². The predicted molar refractivity (Wildman–Crippen MR) is 53.9 cm³/mol. The van der Waals surface area contributed by atoms with E-state index in [0.717, 1.165) is 4.47 Å². The van der Waals surface area contributed by atoms with Crippen LogP contribution < -0.4 is 4.90 Å². The lowest BCUT2D eigenvalue weighted by atomic mass is 10.4. The second-order valence-corrected chi connectivity index (χ2v) is 4.91. The molecule has 80 valence electrons. The van der Waals surface area contributed by atoms with Crippen LogP contribution in [0.25, 0.3) is 0 Å². The van der Waals surface area contributed by atoms with Crippen molar-refractivity contribution in [3.05, 3.63) is 16.9 Å². The Kier molecular flexibility index (Phi) is 1.81. The summed E-state index contributed by atoms with van der Waals surface area (Å²) in [5.74, 6) is -2.86. The summed E-state index contributed by atoms with van der Waals surface area (Å²) in [7, 11) is 0.